The molecule has 0 spiro atoms. The third-order valence-electron chi connectivity index (χ3n) is 3.53. The Labute approximate surface area is 125 Å². The van der Waals surface area contributed by atoms with Crippen molar-refractivity contribution in [1.82, 2.24) is 10.2 Å². The van der Waals surface area contributed by atoms with Gasteiger partial charge in [-0.1, -0.05) is 0 Å². The lowest BCUT2D eigenvalue weighted by molar-refractivity contribution is -0.123. The molecule has 1 fully saturated rings. The second kappa shape index (κ2) is 8.28. The SMILES string of the molecule is N#Cc1ccc(OCC(=O)NCCCN2CCCC2)cc1. The van der Waals surface area contributed by atoms with Crippen molar-refractivity contribution in [2.24, 2.45) is 0 Å². The Morgan fingerprint density at radius 3 is 2.67 bits per heavy atom. The number of rotatable bonds is 7. The van der Waals surface area contributed by atoms with E-state index in [2.05, 4.69) is 10.2 Å². The summed E-state index contributed by atoms with van der Waals surface area (Å²) >= 11 is 0. The van der Waals surface area contributed by atoms with Crippen LogP contribution in [-0.4, -0.2) is 43.6 Å². The maximum atomic E-state index is 11.6. The number of nitriles is 1. The molecule has 1 amide bonds. The molecule has 0 saturated carbocycles. The zero-order valence-electron chi connectivity index (χ0n) is 12.2. The smallest absolute Gasteiger partial charge is 0.257 e. The predicted octanol–water partition coefficient (Wildman–Crippen LogP) is 1.54. The van der Waals surface area contributed by atoms with Crippen molar-refractivity contribution >= 4 is 5.91 Å². The molecule has 1 heterocycles. The summed E-state index contributed by atoms with van der Waals surface area (Å²) in [5.74, 6) is 0.488. The lowest BCUT2D eigenvalue weighted by atomic mass is 10.2. The minimum atomic E-state index is -0.110. The van der Waals surface area contributed by atoms with Crippen LogP contribution >= 0.6 is 0 Å². The molecule has 1 aliphatic rings. The molecule has 1 aromatic carbocycles. The normalized spacial score (nSPS) is 14.6. The van der Waals surface area contributed by atoms with E-state index in [1.807, 2.05) is 6.07 Å². The number of likely N-dealkylation sites (tertiary alicyclic amines) is 1. The molecule has 0 radical (unpaired) electrons. The molecular formula is C16H21N3O2. The topological polar surface area (TPSA) is 65.4 Å². The predicted molar refractivity (Wildman–Crippen MR) is 80.0 cm³/mol. The molecule has 1 aromatic rings. The largest absolute Gasteiger partial charge is 0.484 e. The van der Waals surface area contributed by atoms with Crippen LogP contribution < -0.4 is 10.1 Å². The van der Waals surface area contributed by atoms with E-state index in [9.17, 15) is 4.79 Å². The van der Waals surface area contributed by atoms with E-state index in [0.29, 0.717) is 17.9 Å². The number of nitrogens with zero attached hydrogens (tertiary/aromatic N) is 2. The molecule has 21 heavy (non-hydrogen) atoms. The average molecular weight is 287 g/mol. The van der Waals surface area contributed by atoms with Crippen LogP contribution in [-0.2, 0) is 4.79 Å². The standard InChI is InChI=1S/C16H21N3O2/c17-12-14-4-6-15(7-5-14)21-13-16(20)18-8-3-11-19-9-1-2-10-19/h4-7H,1-3,8-11,13H2,(H,18,20). The minimum Gasteiger partial charge on any atom is -0.484 e. The zero-order valence-corrected chi connectivity index (χ0v) is 12.2. The van der Waals surface area contributed by atoms with Crippen molar-refractivity contribution < 1.29 is 9.53 Å². The second-order valence-corrected chi connectivity index (χ2v) is 5.18. The molecule has 2 rings (SSSR count). The van der Waals surface area contributed by atoms with Crippen LogP contribution in [0.25, 0.3) is 0 Å². The second-order valence-electron chi connectivity index (χ2n) is 5.18. The highest BCUT2D eigenvalue weighted by Crippen LogP contribution is 2.11. The van der Waals surface area contributed by atoms with Gasteiger partial charge >= 0.3 is 0 Å². The quantitative estimate of drug-likeness (QED) is 0.773. The van der Waals surface area contributed by atoms with Crippen LogP contribution in [0, 0.1) is 11.3 Å². The van der Waals surface area contributed by atoms with Crippen molar-refractivity contribution in [1.29, 1.82) is 5.26 Å². The Morgan fingerprint density at radius 1 is 1.29 bits per heavy atom. The molecule has 1 saturated heterocycles. The van der Waals surface area contributed by atoms with Gasteiger partial charge in [-0.2, -0.15) is 5.26 Å². The Kier molecular flexibility index (Phi) is 6.04. The van der Waals surface area contributed by atoms with E-state index in [4.69, 9.17) is 10.00 Å². The molecule has 0 atom stereocenters. The van der Waals surface area contributed by atoms with Crippen LogP contribution in [0.3, 0.4) is 0 Å². The first-order valence-electron chi connectivity index (χ1n) is 7.40. The Bertz CT molecular complexity index is 487. The Hall–Kier alpha value is -2.06. The minimum absolute atomic E-state index is 0.00954. The molecule has 0 bridgehead atoms. The highest BCUT2D eigenvalue weighted by Gasteiger charge is 2.10. The van der Waals surface area contributed by atoms with Crippen LogP contribution in [0.4, 0.5) is 0 Å². The first-order chi connectivity index (χ1) is 10.3. The number of hydrogen-bond donors (Lipinski definition) is 1. The lowest BCUT2D eigenvalue weighted by Crippen LogP contribution is -2.32. The van der Waals surface area contributed by atoms with Gasteiger partial charge in [0.05, 0.1) is 11.6 Å². The van der Waals surface area contributed by atoms with Gasteiger partial charge in [0.2, 0.25) is 0 Å². The molecule has 0 unspecified atom stereocenters. The molecular weight excluding hydrogens is 266 g/mol. The van der Waals surface area contributed by atoms with Crippen molar-refractivity contribution in [2.75, 3.05) is 32.8 Å². The average Bonchev–Trinajstić information content (AvgIpc) is 3.03. The fourth-order valence-corrected chi connectivity index (χ4v) is 2.36. The van der Waals surface area contributed by atoms with E-state index in [-0.39, 0.29) is 12.5 Å². The highest BCUT2D eigenvalue weighted by atomic mass is 16.5. The zero-order chi connectivity index (χ0) is 14.9. The molecule has 1 aliphatic heterocycles. The first-order valence-corrected chi connectivity index (χ1v) is 7.40. The summed E-state index contributed by atoms with van der Waals surface area (Å²) in [5, 5.41) is 11.5. The number of nitrogens with one attached hydrogen (secondary N) is 1. The van der Waals surface area contributed by atoms with Crippen LogP contribution in [0.2, 0.25) is 0 Å². The van der Waals surface area contributed by atoms with Gasteiger partial charge in [-0.3, -0.25) is 4.79 Å². The third kappa shape index (κ3) is 5.44. The lowest BCUT2D eigenvalue weighted by Gasteiger charge is -2.14. The van der Waals surface area contributed by atoms with E-state index < -0.39 is 0 Å². The van der Waals surface area contributed by atoms with Crippen LogP contribution in [0.1, 0.15) is 24.8 Å². The molecule has 112 valence electrons. The van der Waals surface area contributed by atoms with Gasteiger partial charge in [-0.15, -0.1) is 0 Å². The van der Waals surface area contributed by atoms with E-state index >= 15 is 0 Å². The third-order valence-corrected chi connectivity index (χ3v) is 3.53. The molecule has 5 nitrogen and oxygen atoms in total. The van der Waals surface area contributed by atoms with E-state index in [0.717, 1.165) is 13.0 Å². The summed E-state index contributed by atoms with van der Waals surface area (Å²) in [6.45, 7) is 4.13. The summed E-state index contributed by atoms with van der Waals surface area (Å²) in [6.07, 6.45) is 3.57. The highest BCUT2D eigenvalue weighted by molar-refractivity contribution is 5.77. The Balaban J connectivity index is 1.57. The van der Waals surface area contributed by atoms with E-state index in [1.165, 1.54) is 25.9 Å². The summed E-state index contributed by atoms with van der Waals surface area (Å²) in [5.41, 5.74) is 0.578. The van der Waals surface area contributed by atoms with Crippen LogP contribution in [0.15, 0.2) is 24.3 Å². The number of hydrogen-bond acceptors (Lipinski definition) is 4. The summed E-state index contributed by atoms with van der Waals surface area (Å²) in [7, 11) is 0. The number of amides is 1. The maximum Gasteiger partial charge on any atom is 0.257 e. The van der Waals surface area contributed by atoms with Gasteiger partial charge in [0.1, 0.15) is 5.75 Å². The van der Waals surface area contributed by atoms with E-state index in [1.54, 1.807) is 24.3 Å². The van der Waals surface area contributed by atoms with Crippen molar-refractivity contribution in [2.45, 2.75) is 19.3 Å². The number of carbonyl (C=O) groups is 1. The van der Waals surface area contributed by atoms with Crippen LogP contribution in [0.5, 0.6) is 5.75 Å². The van der Waals surface area contributed by atoms with Gasteiger partial charge in [0.15, 0.2) is 6.61 Å². The van der Waals surface area contributed by atoms with Gasteiger partial charge < -0.3 is 15.0 Å². The Morgan fingerprint density at radius 2 is 2.00 bits per heavy atom. The summed E-state index contributed by atoms with van der Waals surface area (Å²) in [4.78, 5) is 14.1. The van der Waals surface area contributed by atoms with Crippen molar-refractivity contribution in [3.63, 3.8) is 0 Å². The van der Waals surface area contributed by atoms with Gasteiger partial charge in [-0.25, -0.2) is 0 Å². The molecule has 1 N–H and O–H groups in total. The molecule has 0 aliphatic carbocycles. The van der Waals surface area contributed by atoms with Gasteiger partial charge in [0, 0.05) is 6.54 Å². The number of benzene rings is 1. The summed E-state index contributed by atoms with van der Waals surface area (Å²) < 4.78 is 5.37. The fraction of sp³-hybridized carbons (Fsp3) is 0.500. The van der Waals surface area contributed by atoms with Gasteiger partial charge in [0.25, 0.3) is 5.91 Å². The molecule has 0 aromatic heterocycles. The molecule has 5 heteroatoms. The van der Waals surface area contributed by atoms with Crippen molar-refractivity contribution in [3.05, 3.63) is 29.8 Å². The fourth-order valence-electron chi connectivity index (χ4n) is 2.36. The monoisotopic (exact) mass is 287 g/mol. The first kappa shape index (κ1) is 15.3. The number of carbonyl (C=O) groups excluding carboxylic acids is 1. The number of ether oxygens (including phenoxy) is 1. The maximum absolute atomic E-state index is 11.6. The van der Waals surface area contributed by atoms with Gasteiger partial charge in [-0.05, 0) is 63.2 Å². The summed E-state index contributed by atoms with van der Waals surface area (Å²) in [6, 6.07) is 8.76. The van der Waals surface area contributed by atoms with Crippen molar-refractivity contribution in [3.8, 4) is 11.8 Å².